The molecular formula is C11H28O2Si2. The maximum atomic E-state index is 9.63. The molecule has 0 aromatic carbocycles. The highest BCUT2D eigenvalue weighted by Crippen LogP contribution is 2.30. The number of rotatable bonds is 8. The molecule has 0 aromatic heterocycles. The molecule has 2 nitrogen and oxygen atoms in total. The first-order valence-electron chi connectivity index (χ1n) is 6.29. The third kappa shape index (κ3) is 3.69. The lowest BCUT2D eigenvalue weighted by Crippen LogP contribution is -2.51. The Morgan fingerprint density at radius 1 is 0.667 bits per heavy atom. The second-order valence-electron chi connectivity index (χ2n) is 4.91. The van der Waals surface area contributed by atoms with Crippen molar-refractivity contribution in [1.82, 2.24) is 0 Å². The summed E-state index contributed by atoms with van der Waals surface area (Å²) in [6.45, 7) is 8.86. The van der Waals surface area contributed by atoms with Gasteiger partial charge in [-0.1, -0.05) is 57.5 Å². The lowest BCUT2D eigenvalue weighted by molar-refractivity contribution is 0.351. The van der Waals surface area contributed by atoms with Crippen LogP contribution in [0.15, 0.2) is 0 Å². The number of aliphatic hydroxyl groups excluding tert-OH is 2. The van der Waals surface area contributed by atoms with E-state index in [9.17, 15) is 10.2 Å². The van der Waals surface area contributed by atoms with Crippen LogP contribution in [0.25, 0.3) is 0 Å². The van der Waals surface area contributed by atoms with Crippen molar-refractivity contribution in [2.75, 3.05) is 12.5 Å². The average molecular weight is 249 g/mol. The van der Waals surface area contributed by atoms with Gasteiger partial charge in [-0.2, -0.15) is 0 Å². The fourth-order valence-corrected chi connectivity index (χ4v) is 15.5. The fourth-order valence-electron chi connectivity index (χ4n) is 2.35. The molecule has 0 rings (SSSR count). The van der Waals surface area contributed by atoms with Gasteiger partial charge in [0.25, 0.3) is 0 Å². The van der Waals surface area contributed by atoms with E-state index in [0.29, 0.717) is 12.5 Å². The van der Waals surface area contributed by atoms with Crippen molar-refractivity contribution in [3.63, 3.8) is 0 Å². The monoisotopic (exact) mass is 248 g/mol. The first-order chi connectivity index (χ1) is 7.07. The van der Waals surface area contributed by atoms with Gasteiger partial charge < -0.3 is 10.2 Å². The number of hydrogen-bond acceptors (Lipinski definition) is 2. The van der Waals surface area contributed by atoms with Crippen molar-refractivity contribution < 1.29 is 10.2 Å². The minimum atomic E-state index is -1.46. The SMILES string of the molecule is CC[Si](CC)(CO)C[Si](CC)(CC)CO. The van der Waals surface area contributed by atoms with Gasteiger partial charge in [0.05, 0.1) is 16.1 Å². The van der Waals surface area contributed by atoms with Gasteiger partial charge in [0.1, 0.15) is 0 Å². The number of aliphatic hydroxyl groups is 2. The van der Waals surface area contributed by atoms with Crippen LogP contribution in [0.2, 0.25) is 29.8 Å². The summed E-state index contributed by atoms with van der Waals surface area (Å²) < 4.78 is 0. The zero-order chi connectivity index (χ0) is 11.9. The van der Waals surface area contributed by atoms with Crippen molar-refractivity contribution in [2.45, 2.75) is 57.5 Å². The van der Waals surface area contributed by atoms with Crippen LogP contribution >= 0.6 is 0 Å². The van der Waals surface area contributed by atoms with E-state index in [4.69, 9.17) is 0 Å². The van der Waals surface area contributed by atoms with E-state index < -0.39 is 16.1 Å². The quantitative estimate of drug-likeness (QED) is 0.648. The predicted molar refractivity (Wildman–Crippen MR) is 72.4 cm³/mol. The van der Waals surface area contributed by atoms with E-state index in [2.05, 4.69) is 27.7 Å². The molecule has 0 bridgehead atoms. The third-order valence-electron chi connectivity index (χ3n) is 4.42. The highest BCUT2D eigenvalue weighted by molar-refractivity contribution is 6.97. The van der Waals surface area contributed by atoms with E-state index in [0.717, 1.165) is 24.2 Å². The first kappa shape index (κ1) is 15.4. The van der Waals surface area contributed by atoms with Crippen molar-refractivity contribution in [1.29, 1.82) is 0 Å². The largest absolute Gasteiger partial charge is 0.400 e. The molecule has 0 saturated carbocycles. The minimum Gasteiger partial charge on any atom is -0.400 e. The highest BCUT2D eigenvalue weighted by Gasteiger charge is 2.39. The summed E-state index contributed by atoms with van der Waals surface area (Å²) >= 11 is 0. The van der Waals surface area contributed by atoms with Crippen molar-refractivity contribution in [3.05, 3.63) is 0 Å². The molecule has 0 heterocycles. The van der Waals surface area contributed by atoms with Crippen LogP contribution in [-0.2, 0) is 0 Å². The van der Waals surface area contributed by atoms with Gasteiger partial charge in [0, 0.05) is 12.5 Å². The van der Waals surface area contributed by atoms with E-state index in [1.807, 2.05) is 0 Å². The molecule has 92 valence electrons. The maximum absolute atomic E-state index is 9.63. The van der Waals surface area contributed by atoms with Crippen molar-refractivity contribution >= 4 is 16.1 Å². The Balaban J connectivity index is 4.74. The molecule has 4 heteroatoms. The Bertz CT molecular complexity index is 131. The van der Waals surface area contributed by atoms with Gasteiger partial charge in [-0.15, -0.1) is 0 Å². The Labute approximate surface area is 96.7 Å². The Morgan fingerprint density at radius 3 is 1.07 bits per heavy atom. The molecule has 0 amide bonds. The van der Waals surface area contributed by atoms with Crippen LogP contribution in [0.1, 0.15) is 27.7 Å². The van der Waals surface area contributed by atoms with E-state index in [1.165, 1.54) is 5.67 Å². The summed E-state index contributed by atoms with van der Waals surface area (Å²) in [4.78, 5) is 0. The third-order valence-corrected chi connectivity index (χ3v) is 17.8. The number of hydrogen-bond donors (Lipinski definition) is 2. The molecular weight excluding hydrogens is 220 g/mol. The van der Waals surface area contributed by atoms with Gasteiger partial charge in [0.15, 0.2) is 0 Å². The highest BCUT2D eigenvalue weighted by atomic mass is 28.4. The van der Waals surface area contributed by atoms with Crippen LogP contribution in [0.5, 0.6) is 0 Å². The Morgan fingerprint density at radius 2 is 0.933 bits per heavy atom. The molecule has 0 aromatic rings. The fraction of sp³-hybridized carbons (Fsp3) is 1.00. The second kappa shape index (κ2) is 6.83. The van der Waals surface area contributed by atoms with Crippen LogP contribution in [0.4, 0.5) is 0 Å². The van der Waals surface area contributed by atoms with Gasteiger partial charge in [-0.05, 0) is 0 Å². The summed E-state index contributed by atoms with van der Waals surface area (Å²) in [7, 11) is -2.92. The summed E-state index contributed by atoms with van der Waals surface area (Å²) in [6, 6.07) is 4.65. The van der Waals surface area contributed by atoms with E-state index in [1.54, 1.807) is 0 Å². The van der Waals surface area contributed by atoms with Gasteiger partial charge in [-0.25, -0.2) is 0 Å². The molecule has 0 spiro atoms. The molecule has 0 aliphatic heterocycles. The predicted octanol–water partition coefficient (Wildman–Crippen LogP) is 2.57. The van der Waals surface area contributed by atoms with E-state index in [-0.39, 0.29) is 0 Å². The van der Waals surface area contributed by atoms with Gasteiger partial charge >= 0.3 is 0 Å². The second-order valence-corrected chi connectivity index (χ2v) is 15.8. The molecule has 0 aliphatic rings. The molecule has 15 heavy (non-hydrogen) atoms. The smallest absolute Gasteiger partial charge is 0.0803 e. The molecule has 0 aliphatic carbocycles. The standard InChI is InChI=1S/C11H28O2Si2/c1-5-14(6-2,9-12)11-15(7-3,8-4)10-13/h12-13H,5-11H2,1-4H3. The summed E-state index contributed by atoms with van der Waals surface area (Å²) in [6.07, 6.45) is 0.823. The van der Waals surface area contributed by atoms with Gasteiger partial charge in [0.2, 0.25) is 0 Å². The molecule has 0 fully saturated rings. The summed E-state index contributed by atoms with van der Waals surface area (Å²) in [5, 5.41) is 19.3. The van der Waals surface area contributed by atoms with Crippen molar-refractivity contribution in [2.24, 2.45) is 0 Å². The lowest BCUT2D eigenvalue weighted by atomic mass is 10.9. The Hall–Kier alpha value is 0.354. The molecule has 0 atom stereocenters. The zero-order valence-electron chi connectivity index (χ0n) is 10.8. The summed E-state index contributed by atoms with van der Waals surface area (Å²) in [5.74, 6) is 0. The maximum Gasteiger partial charge on any atom is 0.0803 e. The first-order valence-corrected chi connectivity index (χ1v) is 11.9. The minimum absolute atomic E-state index is 0.411. The molecule has 0 radical (unpaired) electrons. The van der Waals surface area contributed by atoms with E-state index >= 15 is 0 Å². The molecule has 2 N–H and O–H groups in total. The van der Waals surface area contributed by atoms with Crippen LogP contribution < -0.4 is 0 Å². The average Bonchev–Trinajstić information content (AvgIpc) is 2.33. The van der Waals surface area contributed by atoms with Gasteiger partial charge in [-0.3, -0.25) is 0 Å². The van der Waals surface area contributed by atoms with Crippen LogP contribution in [0.3, 0.4) is 0 Å². The zero-order valence-corrected chi connectivity index (χ0v) is 12.8. The van der Waals surface area contributed by atoms with Crippen LogP contribution in [0, 0.1) is 0 Å². The van der Waals surface area contributed by atoms with Crippen LogP contribution in [-0.4, -0.2) is 38.8 Å². The Kier molecular flexibility index (Phi) is 6.99. The summed E-state index contributed by atoms with van der Waals surface area (Å²) in [5.41, 5.74) is 1.22. The topological polar surface area (TPSA) is 40.5 Å². The van der Waals surface area contributed by atoms with Crippen molar-refractivity contribution in [3.8, 4) is 0 Å². The normalized spacial score (nSPS) is 13.2. The molecule has 0 saturated heterocycles. The lowest BCUT2D eigenvalue weighted by Gasteiger charge is -2.37. The molecule has 0 unspecified atom stereocenters.